The normalized spacial score (nSPS) is 19.3. The van der Waals surface area contributed by atoms with Gasteiger partial charge in [0, 0.05) is 41.2 Å². The number of methoxy groups -OCH3 is 1. The number of pyridine rings is 1. The summed E-state index contributed by atoms with van der Waals surface area (Å²) in [5.41, 5.74) is 3.50. The number of amides is 2. The third-order valence-electron chi connectivity index (χ3n) is 7.39. The maximum atomic E-state index is 14.8. The van der Waals surface area contributed by atoms with E-state index < -0.39 is 12.4 Å². The Hall–Kier alpha value is -3.66. The molecule has 0 spiro atoms. The second kappa shape index (κ2) is 11.0. The minimum absolute atomic E-state index is 0.00285. The average Bonchev–Trinajstić information content (AvgIpc) is 3.68. The SMILES string of the molecule is COc1cc(OCC2CC2)c(-c2ccnc3c(C(=O)N[C@H]4CC[C@@H](NC(=O)CO)CC4)c(C)[nH]c23)cc1F. The van der Waals surface area contributed by atoms with E-state index in [0.717, 1.165) is 38.5 Å². The van der Waals surface area contributed by atoms with Gasteiger partial charge in [-0.2, -0.15) is 0 Å². The number of aliphatic hydroxyl groups excluding tert-OH is 1. The van der Waals surface area contributed by atoms with Crippen molar-refractivity contribution in [3.8, 4) is 22.6 Å². The van der Waals surface area contributed by atoms with Gasteiger partial charge in [0.1, 0.15) is 17.9 Å². The number of nitrogens with zero attached hydrogens (tertiary/aromatic N) is 1. The molecule has 0 atom stereocenters. The van der Waals surface area contributed by atoms with Crippen LogP contribution in [0, 0.1) is 18.7 Å². The molecule has 2 heterocycles. The molecule has 0 unspecified atom stereocenters. The molecule has 0 saturated heterocycles. The fourth-order valence-corrected chi connectivity index (χ4v) is 5.13. The molecule has 2 amide bonds. The van der Waals surface area contributed by atoms with Crippen molar-refractivity contribution in [3.63, 3.8) is 0 Å². The molecule has 2 aliphatic rings. The Bertz CT molecular complexity index is 1340. The first-order valence-electron chi connectivity index (χ1n) is 13.1. The number of benzene rings is 1. The van der Waals surface area contributed by atoms with Gasteiger partial charge in [0.2, 0.25) is 5.91 Å². The Morgan fingerprint density at radius 2 is 1.79 bits per heavy atom. The van der Waals surface area contributed by atoms with E-state index in [-0.39, 0.29) is 29.6 Å². The van der Waals surface area contributed by atoms with Crippen LogP contribution in [0.3, 0.4) is 0 Å². The molecule has 2 saturated carbocycles. The Balaban J connectivity index is 1.40. The van der Waals surface area contributed by atoms with Crippen molar-refractivity contribution in [3.05, 3.63) is 41.5 Å². The van der Waals surface area contributed by atoms with Crippen LogP contribution < -0.4 is 20.1 Å². The van der Waals surface area contributed by atoms with Crippen LogP contribution in [0.2, 0.25) is 0 Å². The largest absolute Gasteiger partial charge is 0.494 e. The highest BCUT2D eigenvalue weighted by Gasteiger charge is 2.27. The zero-order chi connectivity index (χ0) is 26.8. The van der Waals surface area contributed by atoms with Crippen molar-refractivity contribution < 1.29 is 28.6 Å². The van der Waals surface area contributed by atoms with Crippen molar-refractivity contribution in [2.45, 2.75) is 57.5 Å². The lowest BCUT2D eigenvalue weighted by atomic mass is 9.91. The molecule has 0 radical (unpaired) electrons. The number of H-pyrrole nitrogens is 1. The molecule has 2 aliphatic carbocycles. The second-order valence-electron chi connectivity index (χ2n) is 10.2. The number of aromatic nitrogens is 2. The van der Waals surface area contributed by atoms with E-state index in [1.165, 1.54) is 13.2 Å². The van der Waals surface area contributed by atoms with Gasteiger partial charge in [-0.25, -0.2) is 4.39 Å². The number of ether oxygens (including phenoxy) is 2. The zero-order valence-electron chi connectivity index (χ0n) is 21.6. The standard InChI is InChI=1S/C28H33FN4O5/c1-15-25(28(36)33-18-7-5-17(6-8-18)32-24(35)13-34)27-26(31-15)19(9-10-30-27)20-11-21(29)23(37-2)12-22(20)38-14-16-3-4-16/h9-12,16-18,31,34H,3-8,13-14H2,1-2H3,(H,32,35)(H,33,36)/t17-,18+. The Morgan fingerprint density at radius 3 is 2.45 bits per heavy atom. The summed E-state index contributed by atoms with van der Waals surface area (Å²) < 4.78 is 26.1. The van der Waals surface area contributed by atoms with Crippen LogP contribution in [-0.2, 0) is 4.79 Å². The van der Waals surface area contributed by atoms with Crippen LogP contribution >= 0.6 is 0 Å². The van der Waals surface area contributed by atoms with Gasteiger partial charge in [0.15, 0.2) is 11.6 Å². The molecule has 1 aromatic carbocycles. The number of halogens is 1. The highest BCUT2D eigenvalue weighted by molar-refractivity contribution is 6.09. The van der Waals surface area contributed by atoms with E-state index >= 15 is 0 Å². The third kappa shape index (κ3) is 5.45. The van der Waals surface area contributed by atoms with Gasteiger partial charge in [-0.15, -0.1) is 0 Å². The molecule has 4 N–H and O–H groups in total. The molecule has 5 rings (SSSR count). The summed E-state index contributed by atoms with van der Waals surface area (Å²) in [4.78, 5) is 32.6. The molecule has 0 aliphatic heterocycles. The summed E-state index contributed by atoms with van der Waals surface area (Å²) in [5.74, 6) is 0.0295. The van der Waals surface area contributed by atoms with Crippen molar-refractivity contribution in [2.75, 3.05) is 20.3 Å². The van der Waals surface area contributed by atoms with Gasteiger partial charge in [-0.05, 0) is 63.5 Å². The number of fused-ring (bicyclic) bond motifs is 1. The first-order valence-corrected chi connectivity index (χ1v) is 13.1. The third-order valence-corrected chi connectivity index (χ3v) is 7.39. The minimum Gasteiger partial charge on any atom is -0.494 e. The highest BCUT2D eigenvalue weighted by atomic mass is 19.1. The lowest BCUT2D eigenvalue weighted by Gasteiger charge is -2.29. The van der Waals surface area contributed by atoms with Crippen LogP contribution in [0.1, 0.15) is 54.6 Å². The fraction of sp³-hybridized carbons (Fsp3) is 0.464. The summed E-state index contributed by atoms with van der Waals surface area (Å²) in [6, 6.07) is 4.73. The van der Waals surface area contributed by atoms with E-state index in [9.17, 15) is 14.0 Å². The van der Waals surface area contributed by atoms with Crippen molar-refractivity contribution in [1.82, 2.24) is 20.6 Å². The zero-order valence-corrected chi connectivity index (χ0v) is 21.6. The van der Waals surface area contributed by atoms with Gasteiger partial charge in [-0.3, -0.25) is 14.6 Å². The van der Waals surface area contributed by atoms with Gasteiger partial charge < -0.3 is 30.2 Å². The van der Waals surface area contributed by atoms with Gasteiger partial charge in [0.05, 0.1) is 24.8 Å². The molecular formula is C28H33FN4O5. The molecule has 2 aromatic heterocycles. The number of carbonyl (C=O) groups excluding carboxylic acids is 2. The lowest BCUT2D eigenvalue weighted by Crippen LogP contribution is -2.44. The number of carbonyl (C=O) groups is 2. The molecular weight excluding hydrogens is 491 g/mol. The quantitative estimate of drug-likeness (QED) is 0.339. The summed E-state index contributed by atoms with van der Waals surface area (Å²) in [6.45, 7) is 1.85. The smallest absolute Gasteiger partial charge is 0.255 e. The van der Waals surface area contributed by atoms with E-state index in [0.29, 0.717) is 51.7 Å². The number of aliphatic hydroxyl groups is 1. The second-order valence-corrected chi connectivity index (χ2v) is 10.2. The molecule has 2 fully saturated rings. The molecule has 38 heavy (non-hydrogen) atoms. The number of nitrogens with one attached hydrogen (secondary N) is 3. The number of aromatic amines is 1. The predicted octanol–water partition coefficient (Wildman–Crippen LogP) is 3.62. The van der Waals surface area contributed by atoms with E-state index in [4.69, 9.17) is 14.6 Å². The van der Waals surface area contributed by atoms with Gasteiger partial charge >= 0.3 is 0 Å². The van der Waals surface area contributed by atoms with Crippen molar-refractivity contribution in [1.29, 1.82) is 0 Å². The Kier molecular flexibility index (Phi) is 7.51. The van der Waals surface area contributed by atoms with Crippen LogP contribution in [0.15, 0.2) is 24.4 Å². The van der Waals surface area contributed by atoms with E-state index in [2.05, 4.69) is 20.6 Å². The first-order chi connectivity index (χ1) is 18.4. The van der Waals surface area contributed by atoms with Crippen LogP contribution in [0.5, 0.6) is 11.5 Å². The summed E-state index contributed by atoms with van der Waals surface area (Å²) in [7, 11) is 1.42. The number of hydrogen-bond donors (Lipinski definition) is 4. The first kappa shape index (κ1) is 26.0. The Labute approximate surface area is 220 Å². The minimum atomic E-state index is -0.525. The fourth-order valence-electron chi connectivity index (χ4n) is 5.13. The number of hydrogen-bond acceptors (Lipinski definition) is 6. The molecule has 0 bridgehead atoms. The predicted molar refractivity (Wildman–Crippen MR) is 140 cm³/mol. The van der Waals surface area contributed by atoms with Crippen molar-refractivity contribution in [2.24, 2.45) is 5.92 Å². The van der Waals surface area contributed by atoms with Crippen LogP contribution in [-0.4, -0.2) is 59.3 Å². The summed E-state index contributed by atoms with van der Waals surface area (Å²) in [5, 5.41) is 14.9. The molecule has 202 valence electrons. The topological polar surface area (TPSA) is 126 Å². The average molecular weight is 525 g/mol. The summed E-state index contributed by atoms with van der Waals surface area (Å²) >= 11 is 0. The Morgan fingerprint density at radius 1 is 1.08 bits per heavy atom. The maximum absolute atomic E-state index is 14.8. The van der Waals surface area contributed by atoms with Crippen LogP contribution in [0.25, 0.3) is 22.2 Å². The molecule has 10 heteroatoms. The lowest BCUT2D eigenvalue weighted by molar-refractivity contribution is -0.124. The summed E-state index contributed by atoms with van der Waals surface area (Å²) in [6.07, 6.45) is 6.74. The molecule has 9 nitrogen and oxygen atoms in total. The monoisotopic (exact) mass is 524 g/mol. The maximum Gasteiger partial charge on any atom is 0.255 e. The van der Waals surface area contributed by atoms with Gasteiger partial charge in [0.25, 0.3) is 5.91 Å². The number of aryl methyl sites for hydroxylation is 1. The number of rotatable bonds is 9. The van der Waals surface area contributed by atoms with Crippen molar-refractivity contribution >= 4 is 22.8 Å². The van der Waals surface area contributed by atoms with E-state index in [1.807, 2.05) is 6.92 Å². The van der Waals surface area contributed by atoms with Crippen LogP contribution in [0.4, 0.5) is 4.39 Å². The highest BCUT2D eigenvalue weighted by Crippen LogP contribution is 2.40. The van der Waals surface area contributed by atoms with E-state index in [1.54, 1.807) is 18.3 Å². The van der Waals surface area contributed by atoms with Gasteiger partial charge in [-0.1, -0.05) is 0 Å². The molecule has 3 aromatic rings.